The van der Waals surface area contributed by atoms with Gasteiger partial charge in [0, 0.05) is 23.9 Å². The molecule has 1 N–H and O–H groups in total. The Morgan fingerprint density at radius 1 is 1.15 bits per heavy atom. The van der Waals surface area contributed by atoms with Crippen LogP contribution < -0.4 is 10.1 Å². The van der Waals surface area contributed by atoms with Crippen LogP contribution in [0.5, 0.6) is 5.75 Å². The van der Waals surface area contributed by atoms with Crippen molar-refractivity contribution >= 4 is 29.2 Å². The van der Waals surface area contributed by atoms with Crippen LogP contribution in [0.25, 0.3) is 5.69 Å². The first-order valence-electron chi connectivity index (χ1n) is 11.3. The Labute approximate surface area is 202 Å². The fourth-order valence-electron chi connectivity index (χ4n) is 3.20. The summed E-state index contributed by atoms with van der Waals surface area (Å²) in [5.41, 5.74) is 0.699. The third-order valence-electron chi connectivity index (χ3n) is 5.38. The third-order valence-corrected chi connectivity index (χ3v) is 6.05. The summed E-state index contributed by atoms with van der Waals surface area (Å²) < 4.78 is 6.96. The highest BCUT2D eigenvalue weighted by Gasteiger charge is 2.32. The average molecular weight is 477 g/mol. The van der Waals surface area contributed by atoms with Crippen LogP contribution >= 0.6 is 11.6 Å². The number of ether oxygens (including phenoxy) is 1. The summed E-state index contributed by atoms with van der Waals surface area (Å²) in [7, 11) is 1.61. The van der Waals surface area contributed by atoms with Gasteiger partial charge in [-0.2, -0.15) is 5.10 Å². The van der Waals surface area contributed by atoms with Gasteiger partial charge in [0.2, 0.25) is 11.8 Å². The normalized spacial score (nSPS) is 11.9. The van der Waals surface area contributed by atoms with E-state index in [0.29, 0.717) is 12.4 Å². The van der Waals surface area contributed by atoms with Crippen LogP contribution in [0.15, 0.2) is 30.3 Å². The summed E-state index contributed by atoms with van der Waals surface area (Å²) >= 11 is 6.02. The number of nitrogens with zero attached hydrogens (tertiary/aromatic N) is 3. The van der Waals surface area contributed by atoms with Gasteiger partial charge in [-0.15, -0.1) is 11.6 Å². The highest BCUT2D eigenvalue weighted by Crippen LogP contribution is 2.27. The number of rotatable bonds is 10. The summed E-state index contributed by atoms with van der Waals surface area (Å²) in [5, 5.41) is 7.70. The fourth-order valence-corrected chi connectivity index (χ4v) is 3.31. The van der Waals surface area contributed by atoms with E-state index in [1.54, 1.807) is 30.5 Å². The Balaban J connectivity index is 2.32. The number of unbranched alkanes of at least 4 members (excludes halogenated alkanes) is 1. The van der Waals surface area contributed by atoms with Gasteiger partial charge in [-0.25, -0.2) is 4.68 Å². The predicted octanol–water partition coefficient (Wildman–Crippen LogP) is 5.01. The molecule has 0 radical (unpaired) electrons. The lowest BCUT2D eigenvalue weighted by Gasteiger charge is -2.30. The monoisotopic (exact) mass is 476 g/mol. The van der Waals surface area contributed by atoms with Gasteiger partial charge in [-0.3, -0.25) is 9.59 Å². The molecule has 2 amide bonds. The fraction of sp³-hybridized carbons (Fsp3) is 0.560. The predicted molar refractivity (Wildman–Crippen MR) is 133 cm³/mol. The standard InChI is InChI=1S/C25H37ClN4O3/c1-8-9-14-29(23(32)25(5,6)17-26)16-22(31)27-21-15-20(24(2,3)4)28-30(21)18-10-12-19(33-7)13-11-18/h10-13,15H,8-9,14,16-17H2,1-7H3,(H,27,31). The SMILES string of the molecule is CCCCN(CC(=O)Nc1cc(C(C)(C)C)nn1-c1ccc(OC)cc1)C(=O)C(C)(C)CCl. The summed E-state index contributed by atoms with van der Waals surface area (Å²) in [6, 6.07) is 9.34. The first-order chi connectivity index (χ1) is 15.4. The Morgan fingerprint density at radius 2 is 1.79 bits per heavy atom. The van der Waals surface area contributed by atoms with Crippen molar-refractivity contribution < 1.29 is 14.3 Å². The number of amides is 2. The lowest BCUT2D eigenvalue weighted by molar-refractivity contribution is -0.141. The highest BCUT2D eigenvalue weighted by atomic mass is 35.5. The molecular formula is C25H37ClN4O3. The van der Waals surface area contributed by atoms with Gasteiger partial charge in [0.25, 0.3) is 0 Å². The molecule has 1 aromatic carbocycles. The van der Waals surface area contributed by atoms with Crippen LogP contribution in [-0.4, -0.2) is 52.6 Å². The molecule has 33 heavy (non-hydrogen) atoms. The molecule has 0 unspecified atom stereocenters. The molecule has 1 aromatic heterocycles. The summed E-state index contributed by atoms with van der Waals surface area (Å²) in [6.45, 7) is 12.3. The Hall–Kier alpha value is -2.54. The number of alkyl halides is 1. The molecule has 7 nitrogen and oxygen atoms in total. The minimum Gasteiger partial charge on any atom is -0.497 e. The Kier molecular flexibility index (Phi) is 8.95. The van der Waals surface area contributed by atoms with Crippen molar-refractivity contribution in [3.63, 3.8) is 0 Å². The van der Waals surface area contributed by atoms with Crippen molar-refractivity contribution in [2.24, 2.45) is 5.41 Å². The van der Waals surface area contributed by atoms with Crippen LogP contribution in [-0.2, 0) is 15.0 Å². The topological polar surface area (TPSA) is 76.5 Å². The van der Waals surface area contributed by atoms with E-state index >= 15 is 0 Å². The van der Waals surface area contributed by atoms with Gasteiger partial charge in [0.05, 0.1) is 30.5 Å². The maximum atomic E-state index is 13.0. The molecule has 0 bridgehead atoms. The lowest BCUT2D eigenvalue weighted by atomic mass is 9.92. The van der Waals surface area contributed by atoms with Crippen molar-refractivity contribution in [3.8, 4) is 11.4 Å². The van der Waals surface area contributed by atoms with Crippen molar-refractivity contribution in [1.82, 2.24) is 14.7 Å². The first-order valence-corrected chi connectivity index (χ1v) is 11.9. The van der Waals surface area contributed by atoms with Gasteiger partial charge in [0.15, 0.2) is 0 Å². The number of hydrogen-bond donors (Lipinski definition) is 1. The maximum Gasteiger partial charge on any atom is 0.245 e. The molecule has 0 aliphatic carbocycles. The maximum absolute atomic E-state index is 13.0. The zero-order valence-electron chi connectivity index (χ0n) is 20.9. The van der Waals surface area contributed by atoms with Gasteiger partial charge < -0.3 is 15.0 Å². The van der Waals surface area contributed by atoms with Crippen molar-refractivity contribution in [1.29, 1.82) is 0 Å². The molecule has 0 saturated carbocycles. The van der Waals surface area contributed by atoms with Crippen LogP contribution in [0, 0.1) is 5.41 Å². The van der Waals surface area contributed by atoms with E-state index in [2.05, 4.69) is 33.0 Å². The van der Waals surface area contributed by atoms with E-state index in [-0.39, 0.29) is 29.7 Å². The molecule has 0 aliphatic rings. The first kappa shape index (κ1) is 26.7. The van der Waals surface area contributed by atoms with Gasteiger partial charge in [-0.05, 0) is 44.5 Å². The van der Waals surface area contributed by atoms with E-state index in [9.17, 15) is 9.59 Å². The number of hydrogen-bond acceptors (Lipinski definition) is 4. The molecule has 8 heteroatoms. The number of anilines is 1. The van der Waals surface area contributed by atoms with Crippen LogP contribution in [0.2, 0.25) is 0 Å². The quantitative estimate of drug-likeness (QED) is 0.489. The minimum atomic E-state index is -0.736. The lowest BCUT2D eigenvalue weighted by Crippen LogP contribution is -2.46. The Bertz CT molecular complexity index is 946. The molecule has 2 rings (SSSR count). The Morgan fingerprint density at radius 3 is 2.30 bits per heavy atom. The number of aromatic nitrogens is 2. The highest BCUT2D eigenvalue weighted by molar-refractivity contribution is 6.19. The number of halogens is 1. The van der Waals surface area contributed by atoms with Gasteiger partial charge in [0.1, 0.15) is 11.6 Å². The summed E-state index contributed by atoms with van der Waals surface area (Å²) in [4.78, 5) is 27.7. The van der Waals surface area contributed by atoms with E-state index in [1.807, 2.05) is 30.3 Å². The van der Waals surface area contributed by atoms with Gasteiger partial charge in [-0.1, -0.05) is 34.1 Å². The molecule has 1 heterocycles. The summed E-state index contributed by atoms with van der Waals surface area (Å²) in [5.74, 6) is 1.07. The molecule has 0 spiro atoms. The van der Waals surface area contributed by atoms with E-state index in [0.717, 1.165) is 30.0 Å². The average Bonchev–Trinajstić information content (AvgIpc) is 3.20. The number of nitrogens with one attached hydrogen (secondary N) is 1. The smallest absolute Gasteiger partial charge is 0.245 e. The van der Waals surface area contributed by atoms with Crippen molar-refractivity contribution in [3.05, 3.63) is 36.0 Å². The number of carbonyl (C=O) groups is 2. The molecule has 0 aliphatic heterocycles. The zero-order valence-corrected chi connectivity index (χ0v) is 21.6. The third kappa shape index (κ3) is 6.97. The van der Waals surface area contributed by atoms with E-state index in [1.165, 1.54) is 0 Å². The number of carbonyl (C=O) groups excluding carboxylic acids is 2. The van der Waals surface area contributed by atoms with Crippen LogP contribution in [0.3, 0.4) is 0 Å². The summed E-state index contributed by atoms with van der Waals surface area (Å²) in [6.07, 6.45) is 1.74. The molecule has 0 atom stereocenters. The molecule has 0 fully saturated rings. The molecule has 0 saturated heterocycles. The van der Waals surface area contributed by atoms with Gasteiger partial charge >= 0.3 is 0 Å². The van der Waals surface area contributed by atoms with Crippen LogP contribution in [0.4, 0.5) is 5.82 Å². The second-order valence-electron chi connectivity index (χ2n) is 9.92. The minimum absolute atomic E-state index is 0.0439. The van der Waals surface area contributed by atoms with E-state index in [4.69, 9.17) is 21.4 Å². The number of benzene rings is 1. The largest absolute Gasteiger partial charge is 0.497 e. The molecule has 182 valence electrons. The second-order valence-corrected chi connectivity index (χ2v) is 10.2. The zero-order chi connectivity index (χ0) is 24.8. The van der Waals surface area contributed by atoms with Crippen molar-refractivity contribution in [2.45, 2.75) is 59.8 Å². The van der Waals surface area contributed by atoms with Crippen LogP contribution in [0.1, 0.15) is 60.1 Å². The van der Waals surface area contributed by atoms with Crippen molar-refractivity contribution in [2.75, 3.05) is 31.4 Å². The second kappa shape index (κ2) is 11.1. The molecule has 2 aromatic rings. The molecular weight excluding hydrogens is 440 g/mol. The van der Waals surface area contributed by atoms with E-state index < -0.39 is 5.41 Å². The number of methoxy groups -OCH3 is 1.